The van der Waals surface area contributed by atoms with Crippen molar-refractivity contribution in [3.63, 3.8) is 0 Å². The van der Waals surface area contributed by atoms with Crippen LogP contribution in [0.5, 0.6) is 0 Å². The summed E-state index contributed by atoms with van der Waals surface area (Å²) in [4.78, 5) is 0. The van der Waals surface area contributed by atoms with Gasteiger partial charge in [0.2, 0.25) is 0 Å². The van der Waals surface area contributed by atoms with Crippen LogP contribution in [-0.2, 0) is 0 Å². The SMILES string of the molecule is C/C(=C\c1ccc(C)cc1)[B-](F)(F)F.[K+]. The molecule has 5 heteroatoms. The van der Waals surface area contributed by atoms with Crippen LogP contribution >= 0.6 is 0 Å². The van der Waals surface area contributed by atoms with Gasteiger partial charge in [0.25, 0.3) is 0 Å². The van der Waals surface area contributed by atoms with Gasteiger partial charge in [-0.2, -0.15) is 0 Å². The molecule has 0 bridgehead atoms. The van der Waals surface area contributed by atoms with Crippen LogP contribution in [0.1, 0.15) is 18.1 Å². The van der Waals surface area contributed by atoms with Crippen molar-refractivity contribution in [2.24, 2.45) is 0 Å². The van der Waals surface area contributed by atoms with E-state index in [-0.39, 0.29) is 51.4 Å². The second-order valence-electron chi connectivity index (χ2n) is 3.37. The number of aryl methyl sites for hydroxylation is 1. The molecule has 0 fully saturated rings. The van der Waals surface area contributed by atoms with E-state index in [1.807, 2.05) is 6.92 Å². The van der Waals surface area contributed by atoms with Crippen molar-refractivity contribution >= 4 is 13.1 Å². The molecule has 0 aliphatic heterocycles. The summed E-state index contributed by atoms with van der Waals surface area (Å²) in [5.74, 6) is 0. The third kappa shape index (κ3) is 5.36. The fourth-order valence-corrected chi connectivity index (χ4v) is 1.02. The van der Waals surface area contributed by atoms with E-state index in [4.69, 9.17) is 0 Å². The van der Waals surface area contributed by atoms with Crippen molar-refractivity contribution in [1.29, 1.82) is 0 Å². The predicted octanol–water partition coefficient (Wildman–Crippen LogP) is 0.789. The largest absolute Gasteiger partial charge is 1.00 e. The standard InChI is InChI=1S/C10H11BF3.K/c1-8-3-5-10(6-4-8)7-9(2)11(12,13)14;/h3-7H,1-2H3;/q-1;+1/b9-7+;. The number of hydrogen-bond donors (Lipinski definition) is 0. The monoisotopic (exact) mass is 238 g/mol. The topological polar surface area (TPSA) is 0 Å². The molecule has 15 heavy (non-hydrogen) atoms. The Morgan fingerprint density at radius 2 is 1.60 bits per heavy atom. The molecular weight excluding hydrogens is 227 g/mol. The van der Waals surface area contributed by atoms with Crippen molar-refractivity contribution in [1.82, 2.24) is 0 Å². The summed E-state index contributed by atoms with van der Waals surface area (Å²) in [6, 6.07) is 6.95. The zero-order chi connectivity index (χ0) is 10.8. The van der Waals surface area contributed by atoms with Gasteiger partial charge in [-0.25, -0.2) is 0 Å². The Morgan fingerprint density at radius 1 is 1.13 bits per heavy atom. The Bertz CT molecular complexity index is 341. The molecule has 1 rings (SSSR count). The quantitative estimate of drug-likeness (QED) is 0.668. The summed E-state index contributed by atoms with van der Waals surface area (Å²) in [7, 11) is 0. The van der Waals surface area contributed by atoms with Crippen molar-refractivity contribution in [2.75, 3.05) is 0 Å². The number of benzene rings is 1. The normalized spacial score (nSPS) is 12.2. The second-order valence-corrected chi connectivity index (χ2v) is 3.37. The maximum atomic E-state index is 12.2. The molecule has 0 heterocycles. The number of allylic oxidation sites excluding steroid dienone is 1. The van der Waals surface area contributed by atoms with Crippen LogP contribution in [0.2, 0.25) is 0 Å². The Balaban J connectivity index is 0.00000196. The Labute approximate surface area is 130 Å². The first-order chi connectivity index (χ1) is 6.39. The summed E-state index contributed by atoms with van der Waals surface area (Å²) in [5, 5.41) is 0. The van der Waals surface area contributed by atoms with E-state index in [0.29, 0.717) is 5.56 Å². The van der Waals surface area contributed by atoms with E-state index >= 15 is 0 Å². The zero-order valence-electron chi connectivity index (χ0n) is 9.10. The minimum absolute atomic E-state index is 0. The Kier molecular flexibility index (Phi) is 6.44. The number of rotatable bonds is 2. The number of hydrogen-bond acceptors (Lipinski definition) is 0. The van der Waals surface area contributed by atoms with Crippen molar-refractivity contribution < 1.29 is 64.3 Å². The van der Waals surface area contributed by atoms with Crippen molar-refractivity contribution in [2.45, 2.75) is 13.8 Å². The number of halogens is 3. The third-order valence-electron chi connectivity index (χ3n) is 1.99. The summed E-state index contributed by atoms with van der Waals surface area (Å²) < 4.78 is 36.6. The van der Waals surface area contributed by atoms with Crippen molar-refractivity contribution in [3.8, 4) is 0 Å². The van der Waals surface area contributed by atoms with E-state index < -0.39 is 12.4 Å². The van der Waals surface area contributed by atoms with Crippen LogP contribution in [0.4, 0.5) is 12.9 Å². The fourth-order valence-electron chi connectivity index (χ4n) is 1.02. The van der Waals surface area contributed by atoms with Gasteiger partial charge in [0, 0.05) is 0 Å². The van der Waals surface area contributed by atoms with E-state index in [2.05, 4.69) is 0 Å². The van der Waals surface area contributed by atoms with Gasteiger partial charge in [-0.3, -0.25) is 0 Å². The molecule has 0 nitrogen and oxygen atoms in total. The molecule has 0 saturated heterocycles. The molecule has 0 atom stereocenters. The summed E-state index contributed by atoms with van der Waals surface area (Å²) in [5.41, 5.74) is 1.11. The van der Waals surface area contributed by atoms with Gasteiger partial charge in [-0.15, -0.1) is 5.47 Å². The summed E-state index contributed by atoms with van der Waals surface area (Å²) in [6.45, 7) is -1.85. The van der Waals surface area contributed by atoms with Gasteiger partial charge in [0.15, 0.2) is 0 Å². The fraction of sp³-hybridized carbons (Fsp3) is 0.200. The minimum atomic E-state index is -4.85. The van der Waals surface area contributed by atoms with Crippen LogP contribution in [0.15, 0.2) is 29.7 Å². The van der Waals surface area contributed by atoms with E-state index in [0.717, 1.165) is 12.5 Å². The molecule has 0 aromatic heterocycles. The maximum absolute atomic E-state index is 12.2. The van der Waals surface area contributed by atoms with Gasteiger partial charge < -0.3 is 12.9 Å². The molecule has 0 radical (unpaired) electrons. The molecule has 0 unspecified atom stereocenters. The molecule has 76 valence electrons. The van der Waals surface area contributed by atoms with E-state index in [1.54, 1.807) is 24.3 Å². The van der Waals surface area contributed by atoms with E-state index in [9.17, 15) is 12.9 Å². The van der Waals surface area contributed by atoms with Crippen molar-refractivity contribution in [3.05, 3.63) is 40.9 Å². The molecule has 0 aliphatic rings. The van der Waals surface area contributed by atoms with E-state index in [1.165, 1.54) is 6.08 Å². The van der Waals surface area contributed by atoms with Crippen LogP contribution in [-0.4, -0.2) is 6.98 Å². The van der Waals surface area contributed by atoms with Gasteiger partial charge in [-0.1, -0.05) is 42.8 Å². The smallest absolute Gasteiger partial charge is 0.445 e. The van der Waals surface area contributed by atoms with Crippen LogP contribution in [0, 0.1) is 6.92 Å². The van der Waals surface area contributed by atoms with Gasteiger partial charge in [0.05, 0.1) is 0 Å². The first-order valence-electron chi connectivity index (χ1n) is 4.34. The molecular formula is C10H11BF3K. The zero-order valence-corrected chi connectivity index (χ0v) is 12.2. The third-order valence-corrected chi connectivity index (χ3v) is 1.99. The predicted molar refractivity (Wildman–Crippen MR) is 53.9 cm³/mol. The molecule has 1 aromatic carbocycles. The van der Waals surface area contributed by atoms with Crippen LogP contribution < -0.4 is 51.4 Å². The van der Waals surface area contributed by atoms with Crippen LogP contribution in [0.25, 0.3) is 6.08 Å². The minimum Gasteiger partial charge on any atom is -0.445 e. The molecule has 0 spiro atoms. The van der Waals surface area contributed by atoms with Gasteiger partial charge >= 0.3 is 58.4 Å². The van der Waals surface area contributed by atoms with Gasteiger partial charge in [0.1, 0.15) is 0 Å². The average Bonchev–Trinajstić information content (AvgIpc) is 2.07. The maximum Gasteiger partial charge on any atom is 1.00 e. The molecule has 0 amide bonds. The molecule has 0 saturated carbocycles. The summed E-state index contributed by atoms with van der Waals surface area (Å²) >= 11 is 0. The Hall–Kier alpha value is 0.451. The molecule has 0 N–H and O–H groups in total. The second kappa shape index (κ2) is 6.25. The van der Waals surface area contributed by atoms with Gasteiger partial charge in [-0.05, 0) is 12.5 Å². The summed E-state index contributed by atoms with van der Waals surface area (Å²) in [6.07, 6.45) is 1.17. The first-order valence-corrected chi connectivity index (χ1v) is 4.34. The average molecular weight is 238 g/mol. The molecule has 0 aliphatic carbocycles. The Morgan fingerprint density at radius 3 is 2.00 bits per heavy atom. The van der Waals surface area contributed by atoms with Crippen LogP contribution in [0.3, 0.4) is 0 Å². The first kappa shape index (κ1) is 15.5. The molecule has 1 aromatic rings.